The number of benzene rings is 1. The lowest BCUT2D eigenvalue weighted by molar-refractivity contribution is -0.384. The zero-order chi connectivity index (χ0) is 15.6. The first-order chi connectivity index (χ1) is 9.90. The molecule has 21 heavy (non-hydrogen) atoms. The van der Waals surface area contributed by atoms with E-state index < -0.39 is 12.0 Å². The van der Waals surface area contributed by atoms with Crippen LogP contribution in [0.15, 0.2) is 18.2 Å². The first-order valence-corrected chi connectivity index (χ1v) is 6.87. The van der Waals surface area contributed by atoms with Crippen LogP contribution in [0.3, 0.4) is 0 Å². The van der Waals surface area contributed by atoms with E-state index in [9.17, 15) is 14.9 Å². The maximum Gasteiger partial charge on any atom is 0.320 e. The topological polar surface area (TPSA) is 86.9 Å². The number of carbonyl (C=O) groups is 1. The molecule has 7 heteroatoms. The minimum absolute atomic E-state index is 0.0975. The summed E-state index contributed by atoms with van der Waals surface area (Å²) in [5.74, 6) is -0.843. The Morgan fingerprint density at radius 2 is 1.95 bits per heavy atom. The van der Waals surface area contributed by atoms with E-state index in [1.165, 1.54) is 6.07 Å². The summed E-state index contributed by atoms with van der Waals surface area (Å²) in [5, 5.41) is 20.2. The second kappa shape index (κ2) is 6.09. The number of aryl methyl sites for hydroxylation is 1. The molecule has 1 atom stereocenters. The minimum atomic E-state index is -0.843. The molecule has 114 valence electrons. The van der Waals surface area contributed by atoms with Crippen LogP contribution < -0.4 is 4.90 Å². The van der Waals surface area contributed by atoms with Gasteiger partial charge in [-0.3, -0.25) is 19.8 Å². The lowest BCUT2D eigenvalue weighted by Gasteiger charge is -2.37. The monoisotopic (exact) mass is 293 g/mol. The average molecular weight is 293 g/mol. The normalized spacial score (nSPS) is 17.5. The molecule has 0 aromatic heterocycles. The summed E-state index contributed by atoms with van der Waals surface area (Å²) in [6.07, 6.45) is 0. The molecule has 1 aromatic carbocycles. The fraction of sp³-hybridized carbons (Fsp3) is 0.500. The summed E-state index contributed by atoms with van der Waals surface area (Å²) in [4.78, 5) is 25.6. The van der Waals surface area contributed by atoms with Gasteiger partial charge < -0.3 is 10.0 Å². The zero-order valence-electron chi connectivity index (χ0n) is 12.2. The molecule has 1 heterocycles. The first kappa shape index (κ1) is 15.2. The highest BCUT2D eigenvalue weighted by Crippen LogP contribution is 2.30. The molecule has 0 saturated carbocycles. The van der Waals surface area contributed by atoms with Crippen molar-refractivity contribution < 1.29 is 14.8 Å². The number of carboxylic acid groups (broad SMARTS) is 1. The molecule has 0 spiro atoms. The molecule has 0 radical (unpaired) electrons. The second-order valence-corrected chi connectivity index (χ2v) is 5.29. The molecule has 1 fully saturated rings. The molecule has 0 aliphatic carbocycles. The SMILES string of the molecule is Cc1ccc([N+](=O)[O-])c(N2CCN(C(C)C(=O)O)CC2)c1. The summed E-state index contributed by atoms with van der Waals surface area (Å²) in [7, 11) is 0. The fourth-order valence-corrected chi connectivity index (χ4v) is 2.55. The number of rotatable bonds is 4. The number of nitro groups is 1. The predicted octanol–water partition coefficient (Wildman–Crippen LogP) is 1.50. The van der Waals surface area contributed by atoms with Crippen molar-refractivity contribution in [2.75, 3.05) is 31.1 Å². The molecule has 1 aliphatic rings. The number of piperazine rings is 1. The molecule has 1 aromatic rings. The van der Waals surface area contributed by atoms with E-state index in [1.807, 2.05) is 22.8 Å². The second-order valence-electron chi connectivity index (χ2n) is 5.29. The number of nitro benzene ring substituents is 1. The Kier molecular flexibility index (Phi) is 4.42. The van der Waals surface area contributed by atoms with Crippen LogP contribution in [-0.4, -0.2) is 53.1 Å². The van der Waals surface area contributed by atoms with Crippen LogP contribution >= 0.6 is 0 Å². The van der Waals surface area contributed by atoms with Crippen LogP contribution in [-0.2, 0) is 4.79 Å². The van der Waals surface area contributed by atoms with E-state index in [0.717, 1.165) is 5.56 Å². The third kappa shape index (κ3) is 3.30. The van der Waals surface area contributed by atoms with Crippen LogP contribution in [0.5, 0.6) is 0 Å². The number of nitrogens with zero attached hydrogens (tertiary/aromatic N) is 3. The third-order valence-corrected chi connectivity index (χ3v) is 3.89. The van der Waals surface area contributed by atoms with E-state index in [4.69, 9.17) is 5.11 Å². The molecule has 0 bridgehead atoms. The van der Waals surface area contributed by atoms with Crippen LogP contribution in [0.1, 0.15) is 12.5 Å². The van der Waals surface area contributed by atoms with Crippen molar-refractivity contribution in [2.24, 2.45) is 0 Å². The molecule has 0 amide bonds. The van der Waals surface area contributed by atoms with Gasteiger partial charge in [0, 0.05) is 32.2 Å². The Morgan fingerprint density at radius 1 is 1.33 bits per heavy atom. The van der Waals surface area contributed by atoms with Crippen molar-refractivity contribution in [1.82, 2.24) is 4.90 Å². The number of hydrogen-bond acceptors (Lipinski definition) is 5. The van der Waals surface area contributed by atoms with Gasteiger partial charge in [0.15, 0.2) is 0 Å². The van der Waals surface area contributed by atoms with Gasteiger partial charge in [-0.2, -0.15) is 0 Å². The molecule has 1 unspecified atom stereocenters. The summed E-state index contributed by atoms with van der Waals surface area (Å²) in [6.45, 7) is 5.89. The summed E-state index contributed by atoms with van der Waals surface area (Å²) in [6, 6.07) is 4.54. The Hall–Kier alpha value is -2.15. The van der Waals surface area contributed by atoms with Gasteiger partial charge in [0.1, 0.15) is 11.7 Å². The average Bonchev–Trinajstić information content (AvgIpc) is 2.46. The number of hydrogen-bond donors (Lipinski definition) is 1. The fourth-order valence-electron chi connectivity index (χ4n) is 2.55. The van der Waals surface area contributed by atoms with Crippen molar-refractivity contribution in [3.63, 3.8) is 0 Å². The quantitative estimate of drug-likeness (QED) is 0.668. The van der Waals surface area contributed by atoms with Crippen molar-refractivity contribution in [3.8, 4) is 0 Å². The van der Waals surface area contributed by atoms with Gasteiger partial charge in [0.05, 0.1) is 4.92 Å². The smallest absolute Gasteiger partial charge is 0.320 e. The molecule has 1 aliphatic heterocycles. The highest BCUT2D eigenvalue weighted by atomic mass is 16.6. The van der Waals surface area contributed by atoms with Gasteiger partial charge in [-0.15, -0.1) is 0 Å². The highest BCUT2D eigenvalue weighted by molar-refractivity contribution is 5.73. The van der Waals surface area contributed by atoms with Crippen molar-refractivity contribution in [1.29, 1.82) is 0 Å². The summed E-state index contributed by atoms with van der Waals surface area (Å²) >= 11 is 0. The highest BCUT2D eigenvalue weighted by Gasteiger charge is 2.28. The lowest BCUT2D eigenvalue weighted by Crippen LogP contribution is -2.51. The van der Waals surface area contributed by atoms with Crippen LogP contribution in [0.25, 0.3) is 0 Å². The molecular formula is C14H19N3O4. The van der Waals surface area contributed by atoms with Crippen molar-refractivity contribution in [2.45, 2.75) is 19.9 Å². The maximum atomic E-state index is 11.1. The number of aliphatic carboxylic acids is 1. The third-order valence-electron chi connectivity index (χ3n) is 3.89. The molecule has 7 nitrogen and oxygen atoms in total. The van der Waals surface area contributed by atoms with Crippen LogP contribution in [0.2, 0.25) is 0 Å². The van der Waals surface area contributed by atoms with Gasteiger partial charge in [0.25, 0.3) is 5.69 Å². The van der Waals surface area contributed by atoms with Gasteiger partial charge in [-0.25, -0.2) is 0 Å². The Balaban J connectivity index is 2.14. The summed E-state index contributed by atoms with van der Waals surface area (Å²) in [5.41, 5.74) is 1.68. The van der Waals surface area contributed by atoms with E-state index in [-0.39, 0.29) is 10.6 Å². The van der Waals surface area contributed by atoms with E-state index in [0.29, 0.717) is 31.9 Å². The lowest BCUT2D eigenvalue weighted by atomic mass is 10.1. The maximum absolute atomic E-state index is 11.1. The summed E-state index contributed by atoms with van der Waals surface area (Å²) < 4.78 is 0. The molecule has 1 N–H and O–H groups in total. The van der Waals surface area contributed by atoms with Crippen molar-refractivity contribution in [3.05, 3.63) is 33.9 Å². The molecule has 1 saturated heterocycles. The van der Waals surface area contributed by atoms with Crippen molar-refractivity contribution >= 4 is 17.3 Å². The van der Waals surface area contributed by atoms with Gasteiger partial charge >= 0.3 is 5.97 Å². The van der Waals surface area contributed by atoms with E-state index in [1.54, 1.807) is 13.0 Å². The van der Waals surface area contributed by atoms with Gasteiger partial charge in [-0.1, -0.05) is 6.07 Å². The predicted molar refractivity (Wildman–Crippen MR) is 78.7 cm³/mol. The van der Waals surface area contributed by atoms with Gasteiger partial charge in [0.2, 0.25) is 0 Å². The molecular weight excluding hydrogens is 274 g/mol. The van der Waals surface area contributed by atoms with Gasteiger partial charge in [-0.05, 0) is 25.5 Å². The Bertz CT molecular complexity index is 553. The number of anilines is 1. The Labute approximate surface area is 122 Å². The standard InChI is InChI=1S/C14H19N3O4/c1-10-3-4-12(17(20)21)13(9-10)16-7-5-15(6-8-16)11(2)14(18)19/h3-4,9,11H,5-8H2,1-2H3,(H,18,19). The largest absolute Gasteiger partial charge is 0.480 e. The van der Waals surface area contributed by atoms with E-state index >= 15 is 0 Å². The van der Waals surface area contributed by atoms with E-state index in [2.05, 4.69) is 0 Å². The zero-order valence-corrected chi connectivity index (χ0v) is 12.2. The number of carboxylic acids is 1. The first-order valence-electron chi connectivity index (χ1n) is 6.87. The van der Waals surface area contributed by atoms with Crippen LogP contribution in [0, 0.1) is 17.0 Å². The molecule has 2 rings (SSSR count). The van der Waals surface area contributed by atoms with Crippen LogP contribution in [0.4, 0.5) is 11.4 Å². The minimum Gasteiger partial charge on any atom is -0.480 e. The Morgan fingerprint density at radius 3 is 2.48 bits per heavy atom.